The van der Waals surface area contributed by atoms with Gasteiger partial charge in [-0.25, -0.2) is 0 Å². The maximum absolute atomic E-state index is 11.9. The van der Waals surface area contributed by atoms with Gasteiger partial charge in [-0.15, -0.1) is 0 Å². The van der Waals surface area contributed by atoms with Crippen LogP contribution in [0.3, 0.4) is 0 Å². The first kappa shape index (κ1) is 9.72. The van der Waals surface area contributed by atoms with Crippen LogP contribution >= 0.6 is 0 Å². The molecule has 0 amide bonds. The number of hydrogen-bond donors (Lipinski definition) is 0. The van der Waals surface area contributed by atoms with E-state index in [-0.39, 0.29) is 10.8 Å². The maximum atomic E-state index is 11.9. The van der Waals surface area contributed by atoms with Gasteiger partial charge in [-0.3, -0.25) is 4.79 Å². The van der Waals surface area contributed by atoms with Gasteiger partial charge < -0.3 is 4.74 Å². The summed E-state index contributed by atoms with van der Waals surface area (Å²) in [5.74, 6) is 0.326. The van der Waals surface area contributed by atoms with Crippen molar-refractivity contribution in [1.82, 2.24) is 0 Å². The van der Waals surface area contributed by atoms with E-state index in [1.807, 2.05) is 27.7 Å². The van der Waals surface area contributed by atoms with Crippen molar-refractivity contribution in [2.75, 3.05) is 13.2 Å². The van der Waals surface area contributed by atoms with E-state index in [4.69, 9.17) is 4.74 Å². The highest BCUT2D eigenvalue weighted by Gasteiger charge is 2.40. The molecule has 0 spiro atoms. The number of carbonyl (C=O) groups is 1. The topological polar surface area (TPSA) is 26.3 Å². The van der Waals surface area contributed by atoms with Gasteiger partial charge in [-0.05, 0) is 6.42 Å². The summed E-state index contributed by atoms with van der Waals surface area (Å²) in [6.45, 7) is 9.21. The number of ether oxygens (including phenoxy) is 1. The molecule has 1 aliphatic rings. The molecule has 0 aromatic carbocycles. The fourth-order valence-electron chi connectivity index (χ4n) is 1.75. The van der Waals surface area contributed by atoms with Gasteiger partial charge in [0.15, 0.2) is 0 Å². The van der Waals surface area contributed by atoms with Gasteiger partial charge in [-0.2, -0.15) is 0 Å². The third kappa shape index (κ3) is 1.69. The Morgan fingerprint density at radius 1 is 1.17 bits per heavy atom. The van der Waals surface area contributed by atoms with Crippen LogP contribution in [0.4, 0.5) is 0 Å². The zero-order valence-corrected chi connectivity index (χ0v) is 8.44. The van der Waals surface area contributed by atoms with Crippen molar-refractivity contribution in [2.24, 2.45) is 10.8 Å². The first-order valence-corrected chi connectivity index (χ1v) is 4.49. The number of Topliss-reactive ketones (excluding diaryl/α,β-unsaturated/α-hetero) is 1. The van der Waals surface area contributed by atoms with E-state index < -0.39 is 0 Å². The average Bonchev–Trinajstić information content (AvgIpc) is 2.02. The van der Waals surface area contributed by atoms with E-state index >= 15 is 0 Å². The lowest BCUT2D eigenvalue weighted by molar-refractivity contribution is -0.135. The molecule has 12 heavy (non-hydrogen) atoms. The quantitative estimate of drug-likeness (QED) is 0.556. The third-order valence-electron chi connectivity index (χ3n) is 2.56. The third-order valence-corrected chi connectivity index (χ3v) is 2.56. The van der Waals surface area contributed by atoms with E-state index in [0.717, 1.165) is 6.42 Å². The summed E-state index contributed by atoms with van der Waals surface area (Å²) in [6, 6.07) is 0. The summed E-state index contributed by atoms with van der Waals surface area (Å²) in [5.41, 5.74) is -0.514. The van der Waals surface area contributed by atoms with Crippen LogP contribution in [-0.4, -0.2) is 19.0 Å². The number of carbonyl (C=O) groups excluding carboxylic acids is 1. The molecule has 0 atom stereocenters. The summed E-state index contributed by atoms with van der Waals surface area (Å²) in [5, 5.41) is 0. The van der Waals surface area contributed by atoms with Crippen LogP contribution < -0.4 is 0 Å². The van der Waals surface area contributed by atoms with Crippen LogP contribution in [0.15, 0.2) is 0 Å². The molecule has 0 aromatic rings. The Morgan fingerprint density at radius 2 is 1.75 bits per heavy atom. The molecule has 0 aromatic heterocycles. The fourth-order valence-corrected chi connectivity index (χ4v) is 1.75. The van der Waals surface area contributed by atoms with Gasteiger partial charge in [-0.1, -0.05) is 27.7 Å². The first-order valence-electron chi connectivity index (χ1n) is 4.49. The predicted molar refractivity (Wildman–Crippen MR) is 48.0 cm³/mol. The minimum absolute atomic E-state index is 0.208. The summed E-state index contributed by atoms with van der Waals surface area (Å²) in [4.78, 5) is 11.9. The van der Waals surface area contributed by atoms with Gasteiger partial charge in [0.1, 0.15) is 5.78 Å². The summed E-state index contributed by atoms with van der Waals surface area (Å²) < 4.78 is 5.39. The molecule has 1 aliphatic heterocycles. The molecular weight excluding hydrogens is 152 g/mol. The monoisotopic (exact) mass is 170 g/mol. The van der Waals surface area contributed by atoms with Crippen molar-refractivity contribution < 1.29 is 9.53 Å². The van der Waals surface area contributed by atoms with Gasteiger partial charge in [0.05, 0.1) is 6.61 Å². The fraction of sp³-hybridized carbons (Fsp3) is 0.900. The second-order valence-electron chi connectivity index (χ2n) is 4.90. The highest BCUT2D eigenvalue weighted by atomic mass is 16.5. The molecule has 2 nitrogen and oxygen atoms in total. The van der Waals surface area contributed by atoms with E-state index in [1.165, 1.54) is 0 Å². The zero-order valence-electron chi connectivity index (χ0n) is 8.44. The standard InChI is InChI=1S/C10H18O2/c1-9(2)5-6-12-7-10(3,4)8(9)11/h5-7H2,1-4H3. The molecule has 1 saturated heterocycles. The van der Waals surface area contributed by atoms with Crippen molar-refractivity contribution in [3.05, 3.63) is 0 Å². The lowest BCUT2D eigenvalue weighted by Gasteiger charge is -2.28. The molecular formula is C10H18O2. The Bertz CT molecular complexity index is 172. The normalized spacial score (nSPS) is 28.2. The van der Waals surface area contributed by atoms with Crippen LogP contribution in [0.1, 0.15) is 34.1 Å². The van der Waals surface area contributed by atoms with Crippen molar-refractivity contribution in [1.29, 1.82) is 0 Å². The van der Waals surface area contributed by atoms with E-state index in [9.17, 15) is 4.79 Å². The summed E-state index contributed by atoms with van der Waals surface area (Å²) in [7, 11) is 0. The molecule has 1 fully saturated rings. The lowest BCUT2D eigenvalue weighted by Crippen LogP contribution is -2.37. The lowest BCUT2D eigenvalue weighted by atomic mass is 9.73. The van der Waals surface area contributed by atoms with Gasteiger partial charge in [0.2, 0.25) is 0 Å². The average molecular weight is 170 g/mol. The number of ketones is 1. The molecule has 70 valence electrons. The largest absolute Gasteiger partial charge is 0.380 e. The second kappa shape index (κ2) is 2.84. The molecule has 1 heterocycles. The van der Waals surface area contributed by atoms with E-state index in [2.05, 4.69) is 0 Å². The number of rotatable bonds is 0. The van der Waals surface area contributed by atoms with Crippen LogP contribution in [-0.2, 0) is 9.53 Å². The molecule has 0 aliphatic carbocycles. The molecule has 0 bridgehead atoms. The SMILES string of the molecule is CC1(C)CCOCC(C)(C)C1=O. The second-order valence-corrected chi connectivity index (χ2v) is 4.90. The van der Waals surface area contributed by atoms with Crippen LogP contribution in [0.5, 0.6) is 0 Å². The van der Waals surface area contributed by atoms with Gasteiger partial charge in [0, 0.05) is 17.4 Å². The van der Waals surface area contributed by atoms with Crippen LogP contribution in [0, 0.1) is 10.8 Å². The van der Waals surface area contributed by atoms with Crippen LogP contribution in [0.25, 0.3) is 0 Å². The molecule has 0 radical (unpaired) electrons. The first-order chi connectivity index (χ1) is 5.36. The van der Waals surface area contributed by atoms with Crippen molar-refractivity contribution in [2.45, 2.75) is 34.1 Å². The molecule has 1 rings (SSSR count). The summed E-state index contributed by atoms with van der Waals surface area (Å²) in [6.07, 6.45) is 0.843. The molecule has 0 unspecified atom stereocenters. The Hall–Kier alpha value is -0.370. The Labute approximate surface area is 74.3 Å². The van der Waals surface area contributed by atoms with E-state index in [1.54, 1.807) is 0 Å². The zero-order chi connectivity index (χ0) is 9.41. The minimum atomic E-state index is -0.306. The van der Waals surface area contributed by atoms with Gasteiger partial charge >= 0.3 is 0 Å². The van der Waals surface area contributed by atoms with Crippen molar-refractivity contribution >= 4 is 5.78 Å². The highest BCUT2D eigenvalue weighted by molar-refractivity contribution is 5.89. The van der Waals surface area contributed by atoms with Crippen LogP contribution in [0.2, 0.25) is 0 Å². The number of hydrogen-bond acceptors (Lipinski definition) is 2. The Kier molecular flexibility index (Phi) is 2.30. The summed E-state index contributed by atoms with van der Waals surface area (Å²) >= 11 is 0. The Morgan fingerprint density at radius 3 is 2.33 bits per heavy atom. The van der Waals surface area contributed by atoms with Crippen molar-refractivity contribution in [3.63, 3.8) is 0 Å². The van der Waals surface area contributed by atoms with Gasteiger partial charge in [0.25, 0.3) is 0 Å². The highest BCUT2D eigenvalue weighted by Crippen LogP contribution is 2.35. The minimum Gasteiger partial charge on any atom is -0.380 e. The smallest absolute Gasteiger partial charge is 0.146 e. The molecule has 0 N–H and O–H groups in total. The van der Waals surface area contributed by atoms with E-state index in [0.29, 0.717) is 19.0 Å². The van der Waals surface area contributed by atoms with Crippen molar-refractivity contribution in [3.8, 4) is 0 Å². The predicted octanol–water partition coefficient (Wildman–Crippen LogP) is 2.03. The molecule has 0 saturated carbocycles. The Balaban J connectivity index is 2.89. The maximum Gasteiger partial charge on any atom is 0.146 e. The molecule has 2 heteroatoms.